The fourth-order valence-electron chi connectivity index (χ4n) is 1.55. The van der Waals surface area contributed by atoms with E-state index in [1.54, 1.807) is 6.07 Å². The van der Waals surface area contributed by atoms with Crippen LogP contribution in [0.4, 0.5) is 4.39 Å². The van der Waals surface area contributed by atoms with E-state index < -0.39 is 11.7 Å². The Kier molecular flexibility index (Phi) is 7.33. The largest absolute Gasteiger partial charge is 0.382 e. The average molecular weight is 278 g/mol. The summed E-state index contributed by atoms with van der Waals surface area (Å²) in [6.07, 6.45) is 0.696. The molecule has 108 valence electrons. The Morgan fingerprint density at radius 3 is 2.95 bits per heavy atom. The van der Waals surface area contributed by atoms with Gasteiger partial charge in [0.15, 0.2) is 0 Å². The van der Waals surface area contributed by atoms with Gasteiger partial charge in [0.25, 0.3) is 5.91 Å². The molecule has 1 aromatic carbocycles. The first-order valence-corrected chi connectivity index (χ1v) is 6.53. The van der Waals surface area contributed by atoms with Crippen molar-refractivity contribution >= 4 is 5.91 Å². The van der Waals surface area contributed by atoms with E-state index in [2.05, 4.69) is 17.2 Å². The zero-order chi connectivity index (χ0) is 14.8. The van der Waals surface area contributed by atoms with Gasteiger partial charge in [-0.2, -0.15) is 0 Å². The number of carbonyl (C=O) groups is 1. The Morgan fingerprint density at radius 1 is 1.50 bits per heavy atom. The second-order valence-electron chi connectivity index (χ2n) is 4.01. The number of nitrogens with two attached hydrogens (primary N) is 1. The van der Waals surface area contributed by atoms with Crippen molar-refractivity contribution in [2.24, 2.45) is 5.73 Å². The molecular formula is C15H19FN2O2. The molecule has 1 amide bonds. The van der Waals surface area contributed by atoms with E-state index in [-0.39, 0.29) is 12.1 Å². The summed E-state index contributed by atoms with van der Waals surface area (Å²) in [6, 6.07) is 4.26. The van der Waals surface area contributed by atoms with Gasteiger partial charge in [0, 0.05) is 25.3 Å². The first-order chi connectivity index (χ1) is 9.69. The van der Waals surface area contributed by atoms with Crippen molar-refractivity contribution in [1.29, 1.82) is 0 Å². The Morgan fingerprint density at radius 2 is 2.30 bits per heavy atom. The van der Waals surface area contributed by atoms with Gasteiger partial charge in [-0.1, -0.05) is 11.8 Å². The number of hydrogen-bond donors (Lipinski definition) is 2. The van der Waals surface area contributed by atoms with Crippen LogP contribution in [-0.2, 0) is 4.74 Å². The van der Waals surface area contributed by atoms with Crippen molar-refractivity contribution in [3.8, 4) is 11.8 Å². The standard InChI is InChI=1S/C15H19FN2O2/c1-2-20-10-4-9-18-15(19)13-7-6-12(5-3-8-17)11-14(13)16/h6-7,11H,2,4,8-10,17H2,1H3,(H,18,19). The lowest BCUT2D eigenvalue weighted by molar-refractivity contribution is 0.0940. The van der Waals surface area contributed by atoms with Crippen LogP contribution >= 0.6 is 0 Å². The summed E-state index contributed by atoms with van der Waals surface area (Å²) in [5.41, 5.74) is 5.75. The molecular weight excluding hydrogens is 259 g/mol. The Labute approximate surface area is 118 Å². The third-order valence-corrected chi connectivity index (χ3v) is 2.50. The van der Waals surface area contributed by atoms with Crippen LogP contribution in [0.3, 0.4) is 0 Å². The van der Waals surface area contributed by atoms with Gasteiger partial charge in [-0.3, -0.25) is 4.79 Å². The molecule has 0 aliphatic rings. The van der Waals surface area contributed by atoms with Gasteiger partial charge in [0.2, 0.25) is 0 Å². The fraction of sp³-hybridized carbons (Fsp3) is 0.400. The molecule has 4 nitrogen and oxygen atoms in total. The number of carbonyl (C=O) groups excluding carboxylic acids is 1. The number of rotatable bonds is 6. The normalized spacial score (nSPS) is 9.75. The molecule has 1 aromatic rings. The van der Waals surface area contributed by atoms with Crippen LogP contribution in [-0.4, -0.2) is 32.2 Å². The van der Waals surface area contributed by atoms with Crippen molar-refractivity contribution in [2.45, 2.75) is 13.3 Å². The Bertz CT molecular complexity index is 506. The van der Waals surface area contributed by atoms with Crippen molar-refractivity contribution < 1.29 is 13.9 Å². The van der Waals surface area contributed by atoms with Gasteiger partial charge < -0.3 is 15.8 Å². The Balaban J connectivity index is 2.56. The molecule has 20 heavy (non-hydrogen) atoms. The topological polar surface area (TPSA) is 64.3 Å². The van der Waals surface area contributed by atoms with Gasteiger partial charge in [-0.25, -0.2) is 4.39 Å². The number of ether oxygens (including phenoxy) is 1. The van der Waals surface area contributed by atoms with Gasteiger partial charge in [0.1, 0.15) is 5.82 Å². The molecule has 0 atom stereocenters. The van der Waals surface area contributed by atoms with E-state index in [0.717, 1.165) is 0 Å². The molecule has 5 heteroatoms. The predicted octanol–water partition coefficient (Wildman–Crippen LogP) is 1.29. The second kappa shape index (κ2) is 9.08. The SMILES string of the molecule is CCOCCCNC(=O)c1ccc(C#CCN)cc1F. The molecule has 0 fully saturated rings. The van der Waals surface area contributed by atoms with Crippen molar-refractivity contribution in [1.82, 2.24) is 5.32 Å². The molecule has 0 saturated carbocycles. The minimum Gasteiger partial charge on any atom is -0.382 e. The van der Waals surface area contributed by atoms with E-state index >= 15 is 0 Å². The van der Waals surface area contributed by atoms with Crippen LogP contribution in [0.1, 0.15) is 29.3 Å². The maximum Gasteiger partial charge on any atom is 0.254 e. The average Bonchev–Trinajstić information content (AvgIpc) is 2.44. The summed E-state index contributed by atoms with van der Waals surface area (Å²) >= 11 is 0. The third-order valence-electron chi connectivity index (χ3n) is 2.50. The molecule has 0 radical (unpaired) electrons. The van der Waals surface area contributed by atoms with Gasteiger partial charge in [-0.05, 0) is 31.5 Å². The summed E-state index contributed by atoms with van der Waals surface area (Å²) in [7, 11) is 0. The minimum absolute atomic E-state index is 0.0136. The summed E-state index contributed by atoms with van der Waals surface area (Å²) in [4.78, 5) is 11.8. The molecule has 0 bridgehead atoms. The third kappa shape index (κ3) is 5.39. The van der Waals surface area contributed by atoms with E-state index in [4.69, 9.17) is 10.5 Å². The predicted molar refractivity (Wildman–Crippen MR) is 75.8 cm³/mol. The van der Waals surface area contributed by atoms with Gasteiger partial charge in [0.05, 0.1) is 12.1 Å². The van der Waals surface area contributed by atoms with Gasteiger partial charge >= 0.3 is 0 Å². The van der Waals surface area contributed by atoms with E-state index in [9.17, 15) is 9.18 Å². The van der Waals surface area contributed by atoms with Crippen molar-refractivity contribution in [3.63, 3.8) is 0 Å². The number of hydrogen-bond acceptors (Lipinski definition) is 3. The molecule has 0 unspecified atom stereocenters. The van der Waals surface area contributed by atoms with E-state index in [1.807, 2.05) is 6.92 Å². The van der Waals surface area contributed by atoms with Crippen molar-refractivity contribution in [2.75, 3.05) is 26.3 Å². The highest BCUT2D eigenvalue weighted by molar-refractivity contribution is 5.94. The molecule has 0 aliphatic heterocycles. The van der Waals surface area contributed by atoms with Gasteiger partial charge in [-0.15, -0.1) is 0 Å². The Hall–Kier alpha value is -1.90. The molecule has 0 aliphatic carbocycles. The highest BCUT2D eigenvalue weighted by atomic mass is 19.1. The summed E-state index contributed by atoms with van der Waals surface area (Å²) in [5, 5.41) is 2.65. The number of nitrogens with one attached hydrogen (secondary N) is 1. The number of benzene rings is 1. The zero-order valence-electron chi connectivity index (χ0n) is 11.5. The number of halogens is 1. The molecule has 0 saturated heterocycles. The molecule has 1 rings (SSSR count). The first kappa shape index (κ1) is 16.2. The van der Waals surface area contributed by atoms with Crippen LogP contribution in [0, 0.1) is 17.7 Å². The molecule has 0 aromatic heterocycles. The quantitative estimate of drug-likeness (QED) is 0.609. The number of amides is 1. The van der Waals surface area contributed by atoms with Crippen molar-refractivity contribution in [3.05, 3.63) is 35.1 Å². The zero-order valence-corrected chi connectivity index (χ0v) is 11.5. The van der Waals surface area contributed by atoms with Crippen LogP contribution in [0.5, 0.6) is 0 Å². The summed E-state index contributed by atoms with van der Waals surface area (Å²) < 4.78 is 18.9. The lowest BCUT2D eigenvalue weighted by atomic mass is 10.1. The smallest absolute Gasteiger partial charge is 0.254 e. The summed E-state index contributed by atoms with van der Waals surface area (Å²) in [5.74, 6) is 4.33. The highest BCUT2D eigenvalue weighted by Crippen LogP contribution is 2.09. The summed E-state index contributed by atoms with van der Waals surface area (Å²) in [6.45, 7) is 3.79. The van der Waals surface area contributed by atoms with Crippen LogP contribution < -0.4 is 11.1 Å². The lowest BCUT2D eigenvalue weighted by Crippen LogP contribution is -2.26. The van der Waals surface area contributed by atoms with Crippen LogP contribution in [0.25, 0.3) is 0 Å². The lowest BCUT2D eigenvalue weighted by Gasteiger charge is -2.06. The maximum absolute atomic E-state index is 13.8. The minimum atomic E-state index is -0.587. The molecule has 3 N–H and O–H groups in total. The highest BCUT2D eigenvalue weighted by Gasteiger charge is 2.11. The molecule has 0 heterocycles. The fourth-order valence-corrected chi connectivity index (χ4v) is 1.55. The monoisotopic (exact) mass is 278 g/mol. The second-order valence-corrected chi connectivity index (χ2v) is 4.01. The van der Waals surface area contributed by atoms with E-state index in [0.29, 0.717) is 31.7 Å². The van der Waals surface area contributed by atoms with Crippen LogP contribution in [0.15, 0.2) is 18.2 Å². The maximum atomic E-state index is 13.8. The first-order valence-electron chi connectivity index (χ1n) is 6.53. The molecule has 0 spiro atoms. The van der Waals surface area contributed by atoms with Crippen LogP contribution in [0.2, 0.25) is 0 Å². The van der Waals surface area contributed by atoms with E-state index in [1.165, 1.54) is 12.1 Å².